The molecule has 0 aliphatic heterocycles. The molecule has 1 heterocycles. The van der Waals surface area contributed by atoms with Gasteiger partial charge in [-0.05, 0) is 97.9 Å². The van der Waals surface area contributed by atoms with Gasteiger partial charge >= 0.3 is 0 Å². The molecule has 9 heteroatoms. The topological polar surface area (TPSA) is 128 Å². The zero-order valence-electron chi connectivity index (χ0n) is 22.0. The van der Waals surface area contributed by atoms with Crippen LogP contribution < -0.4 is 21.3 Å². The molecule has 0 saturated heterocycles. The van der Waals surface area contributed by atoms with Gasteiger partial charge in [0.25, 0.3) is 11.8 Å². The Bertz CT molecular complexity index is 1670. The van der Waals surface area contributed by atoms with Crippen molar-refractivity contribution in [2.24, 2.45) is 0 Å². The first-order valence-corrected chi connectivity index (χ1v) is 12.8. The molecule has 0 saturated carbocycles. The maximum Gasteiger partial charge on any atom is 0.255 e. The van der Waals surface area contributed by atoms with Crippen molar-refractivity contribution in [1.29, 1.82) is 0 Å². The minimum absolute atomic E-state index is 0.172. The Morgan fingerprint density at radius 2 is 1.20 bits per heavy atom. The molecule has 0 bridgehead atoms. The molecule has 0 aliphatic carbocycles. The summed E-state index contributed by atoms with van der Waals surface area (Å²) in [6.07, 6.45) is 0. The Morgan fingerprint density at radius 1 is 0.675 bits per heavy atom. The molecule has 5 aromatic rings. The molecule has 200 valence electrons. The van der Waals surface area contributed by atoms with Crippen molar-refractivity contribution in [1.82, 2.24) is 9.97 Å². The number of hydrogen-bond acceptors (Lipinski definition) is 5. The smallest absolute Gasteiger partial charge is 0.255 e. The second-order valence-corrected chi connectivity index (χ2v) is 9.17. The van der Waals surface area contributed by atoms with Crippen LogP contribution in [0.4, 0.5) is 22.7 Å². The summed E-state index contributed by atoms with van der Waals surface area (Å²) in [7, 11) is 0. The molecule has 4 aromatic carbocycles. The average molecular weight is 533 g/mol. The number of nitrogens with zero attached hydrogens (tertiary/aromatic N) is 1. The SMILES string of the molecule is CCNc1ccc(C(=O)Nc2ccc(-c3nc4ccc(NC(=O)c5ccc(NC(C)=O)cc5)cc4[nH]3)cc2)cc1. The standard InChI is InChI=1S/C31H28N6O3/c1-3-32-23-10-6-21(7-11-23)30(39)34-25-12-4-20(5-13-25)29-36-27-17-16-26(18-28(27)37-29)35-31(40)22-8-14-24(15-9-22)33-19(2)38/h4-18,32H,3H2,1-2H3,(H,33,38)(H,34,39)(H,35,40)(H,36,37). The molecule has 9 nitrogen and oxygen atoms in total. The van der Waals surface area contributed by atoms with Crippen LogP contribution in [0.5, 0.6) is 0 Å². The molecule has 0 aliphatic rings. The van der Waals surface area contributed by atoms with Crippen LogP contribution in [0.15, 0.2) is 91.0 Å². The lowest BCUT2D eigenvalue weighted by Crippen LogP contribution is -2.12. The minimum atomic E-state index is -0.264. The van der Waals surface area contributed by atoms with Crippen molar-refractivity contribution >= 4 is 51.5 Å². The first-order valence-electron chi connectivity index (χ1n) is 12.8. The molecule has 40 heavy (non-hydrogen) atoms. The average Bonchev–Trinajstić information content (AvgIpc) is 3.37. The fraction of sp³-hybridized carbons (Fsp3) is 0.0968. The zero-order valence-corrected chi connectivity index (χ0v) is 22.0. The number of imidazole rings is 1. The van der Waals surface area contributed by atoms with Crippen molar-refractivity contribution in [3.63, 3.8) is 0 Å². The predicted octanol–water partition coefficient (Wildman–Crippen LogP) is 6.12. The van der Waals surface area contributed by atoms with Crippen LogP contribution in [0.3, 0.4) is 0 Å². The van der Waals surface area contributed by atoms with Gasteiger partial charge in [0.2, 0.25) is 5.91 Å². The third-order valence-corrected chi connectivity index (χ3v) is 6.15. The first-order chi connectivity index (χ1) is 19.4. The van der Waals surface area contributed by atoms with Gasteiger partial charge in [-0.1, -0.05) is 0 Å². The van der Waals surface area contributed by atoms with E-state index in [9.17, 15) is 14.4 Å². The van der Waals surface area contributed by atoms with Crippen molar-refractivity contribution in [2.75, 3.05) is 27.8 Å². The van der Waals surface area contributed by atoms with Crippen LogP contribution in [0.25, 0.3) is 22.4 Å². The number of benzene rings is 4. The summed E-state index contributed by atoms with van der Waals surface area (Å²) < 4.78 is 0. The summed E-state index contributed by atoms with van der Waals surface area (Å²) in [4.78, 5) is 44.4. The summed E-state index contributed by atoms with van der Waals surface area (Å²) in [5.74, 6) is 0.0513. The van der Waals surface area contributed by atoms with Crippen molar-refractivity contribution in [2.45, 2.75) is 13.8 Å². The number of hydrogen-bond donors (Lipinski definition) is 5. The zero-order chi connectivity index (χ0) is 28.1. The van der Waals surface area contributed by atoms with E-state index in [2.05, 4.69) is 31.2 Å². The number of nitrogens with one attached hydrogen (secondary N) is 5. The number of fused-ring (bicyclic) bond motifs is 1. The van der Waals surface area contributed by atoms with Gasteiger partial charge in [0.1, 0.15) is 5.82 Å². The van der Waals surface area contributed by atoms with E-state index in [1.54, 1.807) is 42.5 Å². The van der Waals surface area contributed by atoms with Crippen molar-refractivity contribution in [3.05, 3.63) is 102 Å². The van der Waals surface area contributed by atoms with Crippen LogP contribution in [0, 0.1) is 0 Å². The molecular weight excluding hydrogens is 504 g/mol. The summed E-state index contributed by atoms with van der Waals surface area (Å²) >= 11 is 0. The number of anilines is 4. The molecule has 1 aromatic heterocycles. The number of amides is 3. The first kappa shape index (κ1) is 26.2. The lowest BCUT2D eigenvalue weighted by atomic mass is 10.1. The molecule has 0 radical (unpaired) electrons. The van der Waals surface area contributed by atoms with E-state index in [-0.39, 0.29) is 17.7 Å². The van der Waals surface area contributed by atoms with E-state index in [0.29, 0.717) is 34.0 Å². The Balaban J connectivity index is 1.24. The quantitative estimate of drug-likeness (QED) is 0.164. The Hall–Kier alpha value is -5.44. The number of carbonyl (C=O) groups is 3. The fourth-order valence-corrected chi connectivity index (χ4v) is 4.19. The lowest BCUT2D eigenvalue weighted by molar-refractivity contribution is -0.114. The molecule has 3 amide bonds. The van der Waals surface area contributed by atoms with Gasteiger partial charge in [-0.3, -0.25) is 14.4 Å². The van der Waals surface area contributed by atoms with E-state index >= 15 is 0 Å². The van der Waals surface area contributed by atoms with Crippen LogP contribution in [-0.4, -0.2) is 34.2 Å². The normalized spacial score (nSPS) is 10.7. The summed E-state index contributed by atoms with van der Waals surface area (Å²) in [5, 5.41) is 11.7. The molecule has 0 spiro atoms. The molecule has 5 N–H and O–H groups in total. The highest BCUT2D eigenvalue weighted by Gasteiger charge is 2.11. The number of aromatic amines is 1. The highest BCUT2D eigenvalue weighted by atomic mass is 16.2. The predicted molar refractivity (Wildman–Crippen MR) is 159 cm³/mol. The Morgan fingerprint density at radius 3 is 1.80 bits per heavy atom. The van der Waals surface area contributed by atoms with Crippen molar-refractivity contribution < 1.29 is 14.4 Å². The van der Waals surface area contributed by atoms with E-state index in [1.807, 2.05) is 55.5 Å². The molecule has 5 rings (SSSR count). The van der Waals surface area contributed by atoms with Gasteiger partial charge in [0, 0.05) is 52.9 Å². The third kappa shape index (κ3) is 6.16. The van der Waals surface area contributed by atoms with Crippen LogP contribution in [0.2, 0.25) is 0 Å². The Kier molecular flexibility index (Phi) is 7.54. The van der Waals surface area contributed by atoms with Gasteiger partial charge in [-0.15, -0.1) is 0 Å². The molecule has 0 fully saturated rings. The lowest BCUT2D eigenvalue weighted by Gasteiger charge is -2.07. The minimum Gasteiger partial charge on any atom is -0.385 e. The van der Waals surface area contributed by atoms with Crippen molar-refractivity contribution in [3.8, 4) is 11.4 Å². The third-order valence-electron chi connectivity index (χ3n) is 6.15. The monoisotopic (exact) mass is 532 g/mol. The fourth-order valence-electron chi connectivity index (χ4n) is 4.19. The van der Waals surface area contributed by atoms with E-state index in [4.69, 9.17) is 0 Å². The van der Waals surface area contributed by atoms with Gasteiger partial charge in [0.05, 0.1) is 11.0 Å². The second kappa shape index (κ2) is 11.5. The maximum atomic E-state index is 12.7. The van der Waals surface area contributed by atoms with Gasteiger partial charge in [0.15, 0.2) is 0 Å². The number of rotatable bonds is 8. The van der Waals surface area contributed by atoms with Crippen LogP contribution in [0.1, 0.15) is 34.6 Å². The van der Waals surface area contributed by atoms with E-state index < -0.39 is 0 Å². The van der Waals surface area contributed by atoms with Crippen LogP contribution >= 0.6 is 0 Å². The van der Waals surface area contributed by atoms with Gasteiger partial charge in [-0.2, -0.15) is 0 Å². The van der Waals surface area contributed by atoms with Gasteiger partial charge in [-0.25, -0.2) is 4.98 Å². The molecule has 0 unspecified atom stereocenters. The van der Waals surface area contributed by atoms with E-state index in [0.717, 1.165) is 28.8 Å². The summed E-state index contributed by atoms with van der Waals surface area (Å²) in [5.41, 5.74) is 6.32. The maximum absolute atomic E-state index is 12.7. The molecular formula is C31H28N6O3. The summed E-state index contributed by atoms with van der Waals surface area (Å²) in [6.45, 7) is 4.27. The number of aromatic nitrogens is 2. The highest BCUT2D eigenvalue weighted by molar-refractivity contribution is 6.06. The largest absolute Gasteiger partial charge is 0.385 e. The molecule has 0 atom stereocenters. The van der Waals surface area contributed by atoms with Gasteiger partial charge < -0.3 is 26.3 Å². The highest BCUT2D eigenvalue weighted by Crippen LogP contribution is 2.25. The number of carbonyl (C=O) groups excluding carboxylic acids is 3. The Labute approximate surface area is 231 Å². The van der Waals surface area contributed by atoms with Crippen LogP contribution in [-0.2, 0) is 4.79 Å². The summed E-state index contributed by atoms with van der Waals surface area (Å²) in [6, 6.07) is 26.9. The van der Waals surface area contributed by atoms with E-state index in [1.165, 1.54) is 6.92 Å². The second-order valence-electron chi connectivity index (χ2n) is 9.17. The number of H-pyrrole nitrogens is 1.